The molecule has 0 saturated carbocycles. The molecule has 1 aliphatic rings. The number of carbonyl (C=O) groups excluding carboxylic acids is 1. The summed E-state index contributed by atoms with van der Waals surface area (Å²) in [6, 6.07) is 7.19. The average Bonchev–Trinajstić information content (AvgIpc) is 2.52. The third-order valence-electron chi connectivity index (χ3n) is 3.95. The van der Waals surface area contributed by atoms with Crippen LogP contribution in [0.15, 0.2) is 40.1 Å². The number of nitrogens with zero attached hydrogens (tertiary/aromatic N) is 3. The summed E-state index contributed by atoms with van der Waals surface area (Å²) in [6.45, 7) is 0. The van der Waals surface area contributed by atoms with Gasteiger partial charge in [0.2, 0.25) is 0 Å². The number of amides is 1. The van der Waals surface area contributed by atoms with Crippen LogP contribution < -0.4 is 21.5 Å². The molecule has 0 aliphatic carbocycles. The molecule has 7 heteroatoms. The number of hydrogen-bond acceptors (Lipinski definition) is 4. The first-order valence-corrected chi connectivity index (χ1v) is 6.81. The fourth-order valence-corrected chi connectivity index (χ4v) is 2.72. The minimum absolute atomic E-state index is 0.241. The Hall–Kier alpha value is -2.83. The zero-order chi connectivity index (χ0) is 16.0. The molecule has 1 atom stereocenters. The quantitative estimate of drug-likeness (QED) is 0.802. The van der Waals surface area contributed by atoms with Gasteiger partial charge in [-0.2, -0.15) is 0 Å². The van der Waals surface area contributed by atoms with Crippen molar-refractivity contribution in [1.82, 2.24) is 14.5 Å². The summed E-state index contributed by atoms with van der Waals surface area (Å²) in [7, 11) is 4.80. The van der Waals surface area contributed by atoms with E-state index >= 15 is 0 Å². The van der Waals surface area contributed by atoms with Crippen molar-refractivity contribution < 1.29 is 4.79 Å². The zero-order valence-electron chi connectivity index (χ0n) is 12.5. The second-order valence-corrected chi connectivity index (χ2v) is 5.35. The van der Waals surface area contributed by atoms with Crippen LogP contribution in [0.4, 0.5) is 5.69 Å². The number of rotatable bonds is 1. The molecule has 2 aromatic rings. The smallest absolute Gasteiger partial charge is 0.330 e. The van der Waals surface area contributed by atoms with Gasteiger partial charge < -0.3 is 14.8 Å². The van der Waals surface area contributed by atoms with Gasteiger partial charge in [-0.15, -0.1) is 0 Å². The highest BCUT2D eigenvalue weighted by Crippen LogP contribution is 2.29. The summed E-state index contributed by atoms with van der Waals surface area (Å²) in [5.74, 6) is -0.241. The Bertz CT molecular complexity index is 881. The molecular weight excluding hydrogens is 284 g/mol. The van der Waals surface area contributed by atoms with Crippen molar-refractivity contribution in [3.05, 3.63) is 62.4 Å². The Labute approximate surface area is 126 Å². The summed E-state index contributed by atoms with van der Waals surface area (Å²) in [4.78, 5) is 38.2. The number of aryl methyl sites for hydroxylation is 1. The van der Waals surface area contributed by atoms with Gasteiger partial charge in [-0.3, -0.25) is 14.2 Å². The number of aromatic nitrogens is 2. The normalized spacial score (nSPS) is 17.1. The van der Waals surface area contributed by atoms with E-state index < -0.39 is 17.4 Å². The predicted molar refractivity (Wildman–Crippen MR) is 82.0 cm³/mol. The minimum Gasteiger partial charge on any atom is -0.350 e. The molecule has 0 fully saturated rings. The van der Waals surface area contributed by atoms with Crippen LogP contribution in [0.2, 0.25) is 0 Å². The highest BCUT2D eigenvalue weighted by molar-refractivity contribution is 6.01. The molecule has 0 saturated heterocycles. The van der Waals surface area contributed by atoms with Crippen LogP contribution in [0.1, 0.15) is 22.1 Å². The number of nitrogens with one attached hydrogen (secondary N) is 1. The van der Waals surface area contributed by atoms with E-state index in [1.165, 1.54) is 17.8 Å². The van der Waals surface area contributed by atoms with Gasteiger partial charge in [0.25, 0.3) is 11.5 Å². The zero-order valence-corrected chi connectivity index (χ0v) is 12.5. The molecule has 2 heterocycles. The Morgan fingerprint density at radius 2 is 1.73 bits per heavy atom. The van der Waals surface area contributed by atoms with Gasteiger partial charge in [0.1, 0.15) is 6.17 Å². The molecule has 7 nitrogen and oxygen atoms in total. The van der Waals surface area contributed by atoms with E-state index in [-0.39, 0.29) is 5.91 Å². The summed E-state index contributed by atoms with van der Waals surface area (Å²) < 4.78 is 2.37. The Balaban J connectivity index is 2.18. The van der Waals surface area contributed by atoms with Crippen molar-refractivity contribution in [3.63, 3.8) is 0 Å². The lowest BCUT2D eigenvalue weighted by Gasteiger charge is -2.36. The van der Waals surface area contributed by atoms with E-state index in [0.29, 0.717) is 11.1 Å². The molecular formula is C15H16N4O3. The SMILES string of the molecule is CN1c2ccccc2C(=O)NC1c1cn(C)c(=O)n(C)c1=O. The summed E-state index contributed by atoms with van der Waals surface area (Å²) in [5.41, 5.74) is 0.823. The summed E-state index contributed by atoms with van der Waals surface area (Å²) in [6.07, 6.45) is 0.855. The molecule has 1 aliphatic heterocycles. The topological polar surface area (TPSA) is 76.3 Å². The molecule has 1 aromatic carbocycles. The maximum atomic E-state index is 12.4. The van der Waals surface area contributed by atoms with Crippen LogP contribution in [0.25, 0.3) is 0 Å². The molecule has 1 unspecified atom stereocenters. The van der Waals surface area contributed by atoms with Crippen molar-refractivity contribution in [3.8, 4) is 0 Å². The molecule has 0 spiro atoms. The maximum absolute atomic E-state index is 12.4. The second kappa shape index (κ2) is 4.87. The third kappa shape index (κ3) is 1.93. The van der Waals surface area contributed by atoms with Crippen molar-refractivity contribution in [2.24, 2.45) is 14.1 Å². The predicted octanol–water partition coefficient (Wildman–Crippen LogP) is -0.0376. The average molecular weight is 300 g/mol. The van der Waals surface area contributed by atoms with E-state index in [1.54, 1.807) is 26.2 Å². The van der Waals surface area contributed by atoms with Crippen LogP contribution in [0.5, 0.6) is 0 Å². The van der Waals surface area contributed by atoms with Crippen LogP contribution in [0, 0.1) is 0 Å². The monoisotopic (exact) mass is 300 g/mol. The first-order chi connectivity index (χ1) is 10.4. The first kappa shape index (κ1) is 14.1. The number of para-hydroxylation sites is 1. The molecule has 114 valence electrons. The fraction of sp³-hybridized carbons (Fsp3) is 0.267. The van der Waals surface area contributed by atoms with Crippen LogP contribution in [-0.4, -0.2) is 22.1 Å². The van der Waals surface area contributed by atoms with E-state index in [1.807, 2.05) is 17.0 Å². The molecule has 1 N–H and O–H groups in total. The standard InChI is InChI=1S/C15H16N4O3/c1-17-8-10(14(21)19(3)15(17)22)12-16-13(20)9-6-4-5-7-11(9)18(12)2/h4-8,12H,1-3H3,(H,16,20). The molecule has 22 heavy (non-hydrogen) atoms. The molecule has 1 aromatic heterocycles. The van der Waals surface area contributed by atoms with E-state index in [2.05, 4.69) is 5.32 Å². The highest BCUT2D eigenvalue weighted by Gasteiger charge is 2.31. The van der Waals surface area contributed by atoms with Crippen molar-refractivity contribution in [2.75, 3.05) is 11.9 Å². The maximum Gasteiger partial charge on any atom is 0.330 e. The second-order valence-electron chi connectivity index (χ2n) is 5.35. The Morgan fingerprint density at radius 1 is 1.05 bits per heavy atom. The fourth-order valence-electron chi connectivity index (χ4n) is 2.72. The summed E-state index contributed by atoms with van der Waals surface area (Å²) >= 11 is 0. The number of anilines is 1. The van der Waals surface area contributed by atoms with Gasteiger partial charge in [-0.25, -0.2) is 4.79 Å². The van der Waals surface area contributed by atoms with Crippen molar-refractivity contribution >= 4 is 11.6 Å². The van der Waals surface area contributed by atoms with Crippen LogP contribution in [-0.2, 0) is 14.1 Å². The van der Waals surface area contributed by atoms with Gasteiger partial charge in [0, 0.05) is 27.3 Å². The van der Waals surface area contributed by atoms with Gasteiger partial charge in [0.05, 0.1) is 16.8 Å². The molecule has 1 amide bonds. The first-order valence-electron chi connectivity index (χ1n) is 6.81. The van der Waals surface area contributed by atoms with E-state index in [0.717, 1.165) is 10.3 Å². The lowest BCUT2D eigenvalue weighted by molar-refractivity contribution is 0.0927. The van der Waals surface area contributed by atoms with Crippen molar-refractivity contribution in [1.29, 1.82) is 0 Å². The number of hydrogen-bond donors (Lipinski definition) is 1. The Kier molecular flexibility index (Phi) is 3.13. The summed E-state index contributed by atoms with van der Waals surface area (Å²) in [5, 5.41) is 2.81. The Morgan fingerprint density at radius 3 is 2.45 bits per heavy atom. The van der Waals surface area contributed by atoms with Gasteiger partial charge in [-0.05, 0) is 12.1 Å². The number of carbonyl (C=O) groups is 1. The van der Waals surface area contributed by atoms with Gasteiger partial charge in [0.15, 0.2) is 0 Å². The molecule has 0 radical (unpaired) electrons. The van der Waals surface area contributed by atoms with Gasteiger partial charge >= 0.3 is 5.69 Å². The molecule has 0 bridgehead atoms. The van der Waals surface area contributed by atoms with Crippen LogP contribution >= 0.6 is 0 Å². The number of fused-ring (bicyclic) bond motifs is 1. The highest BCUT2D eigenvalue weighted by atomic mass is 16.2. The minimum atomic E-state index is -0.618. The number of benzene rings is 1. The largest absolute Gasteiger partial charge is 0.350 e. The van der Waals surface area contributed by atoms with Crippen LogP contribution in [0.3, 0.4) is 0 Å². The van der Waals surface area contributed by atoms with Crippen molar-refractivity contribution in [2.45, 2.75) is 6.17 Å². The third-order valence-corrected chi connectivity index (χ3v) is 3.95. The van der Waals surface area contributed by atoms with E-state index in [9.17, 15) is 14.4 Å². The lowest BCUT2D eigenvalue weighted by Crippen LogP contribution is -2.49. The van der Waals surface area contributed by atoms with E-state index in [4.69, 9.17) is 0 Å². The lowest BCUT2D eigenvalue weighted by atomic mass is 10.1. The van der Waals surface area contributed by atoms with Gasteiger partial charge in [-0.1, -0.05) is 12.1 Å². The molecule has 3 rings (SSSR count).